The van der Waals surface area contributed by atoms with E-state index in [-0.39, 0.29) is 5.91 Å². The van der Waals surface area contributed by atoms with Crippen LogP contribution in [0.3, 0.4) is 0 Å². The van der Waals surface area contributed by atoms with Crippen LogP contribution in [0.5, 0.6) is 11.5 Å². The SMILES string of the molecule is COc1ccc(-c2nc(C)c(C(=O)Nc3cc(Cl)c(Cl)cc3Cl)s2)cc1OC. The van der Waals surface area contributed by atoms with Crippen LogP contribution in [0.25, 0.3) is 10.6 Å². The molecular weight excluding hydrogens is 443 g/mol. The van der Waals surface area contributed by atoms with Crippen LogP contribution in [-0.2, 0) is 0 Å². The minimum absolute atomic E-state index is 0.296. The molecule has 0 spiro atoms. The van der Waals surface area contributed by atoms with Crippen molar-refractivity contribution in [2.75, 3.05) is 19.5 Å². The molecule has 0 saturated heterocycles. The Morgan fingerprint density at radius 3 is 2.36 bits per heavy atom. The summed E-state index contributed by atoms with van der Waals surface area (Å²) in [5.41, 5.74) is 1.79. The molecule has 0 unspecified atom stereocenters. The lowest BCUT2D eigenvalue weighted by atomic mass is 10.2. The minimum Gasteiger partial charge on any atom is -0.493 e. The molecule has 1 amide bonds. The number of hydrogen-bond donors (Lipinski definition) is 1. The van der Waals surface area contributed by atoms with Gasteiger partial charge in [-0.1, -0.05) is 34.8 Å². The summed E-state index contributed by atoms with van der Waals surface area (Å²) in [7, 11) is 3.14. The topological polar surface area (TPSA) is 60.5 Å². The van der Waals surface area contributed by atoms with Crippen molar-refractivity contribution in [1.29, 1.82) is 0 Å². The number of nitrogens with one attached hydrogen (secondary N) is 1. The molecule has 3 aromatic rings. The summed E-state index contributed by atoms with van der Waals surface area (Å²) in [5, 5.41) is 4.35. The third-order valence-electron chi connectivity index (χ3n) is 3.89. The number of amides is 1. The van der Waals surface area contributed by atoms with E-state index in [1.807, 2.05) is 12.1 Å². The molecule has 5 nitrogen and oxygen atoms in total. The van der Waals surface area contributed by atoms with Gasteiger partial charge in [0, 0.05) is 5.56 Å². The van der Waals surface area contributed by atoms with Gasteiger partial charge in [-0.25, -0.2) is 4.98 Å². The van der Waals surface area contributed by atoms with E-state index < -0.39 is 0 Å². The number of carbonyl (C=O) groups excluding carboxylic acids is 1. The van der Waals surface area contributed by atoms with Crippen molar-refractivity contribution in [3.8, 4) is 22.1 Å². The first kappa shape index (κ1) is 20.7. The van der Waals surface area contributed by atoms with E-state index >= 15 is 0 Å². The van der Waals surface area contributed by atoms with Gasteiger partial charge in [0.2, 0.25) is 0 Å². The number of carbonyl (C=O) groups is 1. The van der Waals surface area contributed by atoms with Crippen LogP contribution in [0.1, 0.15) is 15.4 Å². The Morgan fingerprint density at radius 1 is 1.00 bits per heavy atom. The zero-order valence-electron chi connectivity index (χ0n) is 15.1. The Bertz CT molecular complexity index is 1050. The summed E-state index contributed by atoms with van der Waals surface area (Å²) in [5.74, 6) is 0.871. The van der Waals surface area contributed by atoms with Gasteiger partial charge in [0.05, 0.1) is 40.7 Å². The largest absolute Gasteiger partial charge is 0.493 e. The zero-order chi connectivity index (χ0) is 20.4. The van der Waals surface area contributed by atoms with Crippen molar-refractivity contribution in [3.05, 3.63) is 56.0 Å². The van der Waals surface area contributed by atoms with Crippen LogP contribution in [0.15, 0.2) is 30.3 Å². The summed E-state index contributed by atoms with van der Waals surface area (Å²) in [6, 6.07) is 8.46. The second kappa shape index (κ2) is 8.57. The van der Waals surface area contributed by atoms with E-state index in [4.69, 9.17) is 44.3 Å². The predicted octanol–water partition coefficient (Wildman–Crippen LogP) is 6.35. The van der Waals surface area contributed by atoms with Gasteiger partial charge >= 0.3 is 0 Å². The molecule has 0 aliphatic rings. The molecule has 0 aliphatic heterocycles. The molecule has 0 fully saturated rings. The van der Waals surface area contributed by atoms with Gasteiger partial charge in [0.25, 0.3) is 5.91 Å². The Balaban J connectivity index is 1.90. The summed E-state index contributed by atoms with van der Waals surface area (Å²) < 4.78 is 10.6. The number of aromatic nitrogens is 1. The number of anilines is 1. The maximum atomic E-state index is 12.7. The van der Waals surface area contributed by atoms with E-state index in [2.05, 4.69) is 10.3 Å². The molecule has 1 aromatic heterocycles. The highest BCUT2D eigenvalue weighted by molar-refractivity contribution is 7.17. The van der Waals surface area contributed by atoms with Crippen LogP contribution in [0.4, 0.5) is 5.69 Å². The van der Waals surface area contributed by atoms with Crippen LogP contribution in [0.2, 0.25) is 15.1 Å². The first-order valence-corrected chi connectivity index (χ1v) is 9.94. The fourth-order valence-corrected chi connectivity index (χ4v) is 4.05. The van der Waals surface area contributed by atoms with Crippen molar-refractivity contribution in [2.24, 2.45) is 0 Å². The average Bonchev–Trinajstić information content (AvgIpc) is 3.07. The van der Waals surface area contributed by atoms with Gasteiger partial charge in [-0.05, 0) is 37.3 Å². The van der Waals surface area contributed by atoms with Crippen LogP contribution < -0.4 is 14.8 Å². The highest BCUT2D eigenvalue weighted by Crippen LogP contribution is 2.36. The fraction of sp³-hybridized carbons (Fsp3) is 0.158. The molecule has 0 saturated carbocycles. The fourth-order valence-electron chi connectivity index (χ4n) is 2.50. The Morgan fingerprint density at radius 2 is 1.68 bits per heavy atom. The maximum absolute atomic E-state index is 12.7. The number of rotatable bonds is 5. The highest BCUT2D eigenvalue weighted by atomic mass is 35.5. The van der Waals surface area contributed by atoms with Gasteiger partial charge in [-0.3, -0.25) is 4.79 Å². The maximum Gasteiger partial charge on any atom is 0.267 e. The second-order valence-corrected chi connectivity index (χ2v) is 7.92. The lowest BCUT2D eigenvalue weighted by Crippen LogP contribution is -2.12. The molecule has 0 bridgehead atoms. The monoisotopic (exact) mass is 456 g/mol. The summed E-state index contributed by atoms with van der Waals surface area (Å²) in [6.45, 7) is 1.77. The summed E-state index contributed by atoms with van der Waals surface area (Å²) in [4.78, 5) is 17.7. The van der Waals surface area contributed by atoms with Crippen molar-refractivity contribution >= 4 is 57.7 Å². The first-order chi connectivity index (χ1) is 13.3. The predicted molar refractivity (Wildman–Crippen MR) is 115 cm³/mol. The molecule has 1 heterocycles. The standard InChI is InChI=1S/C19H15Cl3N2O3S/c1-9-17(18(25)24-14-8-12(21)11(20)7-13(14)22)28-19(23-9)10-4-5-15(26-2)16(6-10)27-3/h4-8H,1-3H3,(H,24,25). The molecule has 9 heteroatoms. The van der Waals surface area contributed by atoms with Crippen molar-refractivity contribution in [3.63, 3.8) is 0 Å². The first-order valence-electron chi connectivity index (χ1n) is 7.99. The van der Waals surface area contributed by atoms with Crippen molar-refractivity contribution < 1.29 is 14.3 Å². The third kappa shape index (κ3) is 4.20. The normalized spacial score (nSPS) is 10.6. The number of halogens is 3. The van der Waals surface area contributed by atoms with Gasteiger partial charge in [-0.15, -0.1) is 11.3 Å². The molecule has 3 rings (SSSR count). The number of nitrogens with zero attached hydrogens (tertiary/aromatic N) is 1. The number of benzene rings is 2. The molecule has 0 aliphatic carbocycles. The van der Waals surface area contributed by atoms with E-state index in [0.717, 1.165) is 5.56 Å². The number of methoxy groups -OCH3 is 2. The van der Waals surface area contributed by atoms with Crippen LogP contribution >= 0.6 is 46.1 Å². The quantitative estimate of drug-likeness (QED) is 0.454. The van der Waals surface area contributed by atoms with E-state index in [1.165, 1.54) is 23.5 Å². The smallest absolute Gasteiger partial charge is 0.267 e. The lowest BCUT2D eigenvalue weighted by molar-refractivity contribution is 0.103. The molecular formula is C19H15Cl3N2O3S. The number of ether oxygens (including phenoxy) is 2. The number of hydrogen-bond acceptors (Lipinski definition) is 5. The number of aryl methyl sites for hydroxylation is 1. The molecule has 146 valence electrons. The van der Waals surface area contributed by atoms with E-state index in [0.29, 0.717) is 47.8 Å². The van der Waals surface area contributed by atoms with Gasteiger partial charge in [-0.2, -0.15) is 0 Å². The number of thiazole rings is 1. The molecule has 28 heavy (non-hydrogen) atoms. The highest BCUT2D eigenvalue weighted by Gasteiger charge is 2.19. The van der Waals surface area contributed by atoms with E-state index in [9.17, 15) is 4.79 Å². The molecule has 0 radical (unpaired) electrons. The molecule has 1 N–H and O–H groups in total. The Labute approximate surface area is 181 Å². The zero-order valence-corrected chi connectivity index (χ0v) is 18.2. The Kier molecular flexibility index (Phi) is 6.35. The van der Waals surface area contributed by atoms with Crippen molar-refractivity contribution in [2.45, 2.75) is 6.92 Å². The van der Waals surface area contributed by atoms with Gasteiger partial charge < -0.3 is 14.8 Å². The lowest BCUT2D eigenvalue weighted by Gasteiger charge is -2.08. The van der Waals surface area contributed by atoms with Crippen LogP contribution in [-0.4, -0.2) is 25.1 Å². The van der Waals surface area contributed by atoms with Crippen LogP contribution in [0, 0.1) is 6.92 Å². The van der Waals surface area contributed by atoms with Gasteiger partial charge in [0.1, 0.15) is 9.88 Å². The third-order valence-corrected chi connectivity index (χ3v) is 6.13. The molecule has 0 atom stereocenters. The molecule has 2 aromatic carbocycles. The Hall–Kier alpha value is -1.99. The van der Waals surface area contributed by atoms with Crippen molar-refractivity contribution in [1.82, 2.24) is 4.98 Å². The van der Waals surface area contributed by atoms with E-state index in [1.54, 1.807) is 27.2 Å². The second-order valence-electron chi connectivity index (χ2n) is 5.70. The summed E-state index contributed by atoms with van der Waals surface area (Å²) >= 11 is 19.3. The van der Waals surface area contributed by atoms with Gasteiger partial charge in [0.15, 0.2) is 11.5 Å². The summed E-state index contributed by atoms with van der Waals surface area (Å²) in [6.07, 6.45) is 0. The average molecular weight is 458 g/mol. The minimum atomic E-state index is -0.331.